The molecule has 0 N–H and O–H groups in total. The number of methoxy groups -OCH3 is 1. The first-order valence-corrected chi connectivity index (χ1v) is 10.3. The molecule has 2 aliphatic rings. The van der Waals surface area contributed by atoms with Crippen LogP contribution in [-0.2, 0) is 4.74 Å². The second kappa shape index (κ2) is 8.84. The van der Waals surface area contributed by atoms with Gasteiger partial charge < -0.3 is 14.5 Å². The standard InChI is InChI=1S/C21H29N5O2/c1-28-16-15-24-11-13-26(14-12-24)21(27)19-17-7-3-4-8-18(17)20(23-22-19)25-9-5-2-6-10-25/h3-4,7-8H,2,5-6,9-16H2,1H3. The van der Waals surface area contributed by atoms with Gasteiger partial charge in [-0.15, -0.1) is 10.2 Å². The zero-order valence-electron chi connectivity index (χ0n) is 16.6. The second-order valence-corrected chi connectivity index (χ2v) is 7.59. The summed E-state index contributed by atoms with van der Waals surface area (Å²) in [6.45, 7) is 6.82. The summed E-state index contributed by atoms with van der Waals surface area (Å²) in [6.07, 6.45) is 3.64. The largest absolute Gasteiger partial charge is 0.383 e. The highest BCUT2D eigenvalue weighted by molar-refractivity contribution is 6.07. The molecule has 3 heterocycles. The molecule has 1 amide bonds. The Morgan fingerprint density at radius 3 is 2.39 bits per heavy atom. The van der Waals surface area contributed by atoms with E-state index in [0.717, 1.165) is 55.9 Å². The third kappa shape index (κ3) is 3.95. The number of carbonyl (C=O) groups is 1. The fraction of sp³-hybridized carbons (Fsp3) is 0.571. The monoisotopic (exact) mass is 383 g/mol. The van der Waals surface area contributed by atoms with E-state index < -0.39 is 0 Å². The number of piperazine rings is 1. The van der Waals surface area contributed by atoms with Crippen LogP contribution in [0, 0.1) is 0 Å². The maximum Gasteiger partial charge on any atom is 0.275 e. The van der Waals surface area contributed by atoms with Crippen LogP contribution in [0.3, 0.4) is 0 Å². The first kappa shape index (κ1) is 19.1. The minimum Gasteiger partial charge on any atom is -0.383 e. The van der Waals surface area contributed by atoms with E-state index in [1.807, 2.05) is 23.1 Å². The first-order chi connectivity index (χ1) is 13.8. The summed E-state index contributed by atoms with van der Waals surface area (Å²) in [5.74, 6) is 0.900. The van der Waals surface area contributed by atoms with E-state index in [1.54, 1.807) is 7.11 Å². The maximum absolute atomic E-state index is 13.2. The molecule has 7 heteroatoms. The molecule has 0 spiro atoms. The van der Waals surface area contributed by atoms with Crippen LogP contribution >= 0.6 is 0 Å². The van der Waals surface area contributed by atoms with Gasteiger partial charge in [0.05, 0.1) is 6.61 Å². The highest BCUT2D eigenvalue weighted by Crippen LogP contribution is 2.28. The average molecular weight is 383 g/mol. The van der Waals surface area contributed by atoms with Crippen LogP contribution in [0.25, 0.3) is 10.8 Å². The van der Waals surface area contributed by atoms with Gasteiger partial charge in [-0.25, -0.2) is 0 Å². The van der Waals surface area contributed by atoms with Crippen molar-refractivity contribution in [2.45, 2.75) is 19.3 Å². The molecule has 0 bridgehead atoms. The molecule has 2 aromatic rings. The highest BCUT2D eigenvalue weighted by Gasteiger charge is 2.26. The van der Waals surface area contributed by atoms with Crippen LogP contribution in [0.15, 0.2) is 24.3 Å². The van der Waals surface area contributed by atoms with Crippen LogP contribution in [0.4, 0.5) is 5.82 Å². The summed E-state index contributed by atoms with van der Waals surface area (Å²) < 4.78 is 5.15. The summed E-state index contributed by atoms with van der Waals surface area (Å²) in [5.41, 5.74) is 0.474. The van der Waals surface area contributed by atoms with Crippen LogP contribution in [0.5, 0.6) is 0 Å². The van der Waals surface area contributed by atoms with Gasteiger partial charge in [0.2, 0.25) is 0 Å². The number of hydrogen-bond acceptors (Lipinski definition) is 6. The van der Waals surface area contributed by atoms with Gasteiger partial charge >= 0.3 is 0 Å². The number of rotatable bonds is 5. The second-order valence-electron chi connectivity index (χ2n) is 7.59. The molecule has 0 saturated carbocycles. The van der Waals surface area contributed by atoms with E-state index in [0.29, 0.717) is 18.8 Å². The third-order valence-corrected chi connectivity index (χ3v) is 5.80. The van der Waals surface area contributed by atoms with Gasteiger partial charge in [-0.05, 0) is 19.3 Å². The Morgan fingerprint density at radius 1 is 0.964 bits per heavy atom. The molecule has 0 aliphatic carbocycles. The Bertz CT molecular complexity index is 814. The quantitative estimate of drug-likeness (QED) is 0.787. The number of anilines is 1. The number of piperidine rings is 1. The van der Waals surface area contributed by atoms with Gasteiger partial charge in [0.15, 0.2) is 11.5 Å². The lowest BCUT2D eigenvalue weighted by Crippen LogP contribution is -2.49. The molecule has 7 nitrogen and oxygen atoms in total. The lowest BCUT2D eigenvalue weighted by atomic mass is 10.1. The van der Waals surface area contributed by atoms with Crippen molar-refractivity contribution in [2.24, 2.45) is 0 Å². The zero-order valence-corrected chi connectivity index (χ0v) is 16.6. The zero-order chi connectivity index (χ0) is 19.3. The van der Waals surface area contributed by atoms with Crippen molar-refractivity contribution in [2.75, 3.05) is 64.4 Å². The van der Waals surface area contributed by atoms with E-state index in [9.17, 15) is 4.79 Å². The molecular weight excluding hydrogens is 354 g/mol. The molecule has 2 fully saturated rings. The molecular formula is C21H29N5O2. The highest BCUT2D eigenvalue weighted by atomic mass is 16.5. The molecule has 2 aliphatic heterocycles. The van der Waals surface area contributed by atoms with Gasteiger partial charge in [0, 0.05) is 63.7 Å². The van der Waals surface area contributed by atoms with E-state index >= 15 is 0 Å². The summed E-state index contributed by atoms with van der Waals surface area (Å²) in [4.78, 5) is 19.7. The molecule has 2 saturated heterocycles. The number of hydrogen-bond donors (Lipinski definition) is 0. The Balaban J connectivity index is 1.55. The summed E-state index contributed by atoms with van der Waals surface area (Å²) in [7, 11) is 1.72. The van der Waals surface area contributed by atoms with Crippen molar-refractivity contribution >= 4 is 22.5 Å². The van der Waals surface area contributed by atoms with E-state index in [4.69, 9.17) is 4.74 Å². The van der Waals surface area contributed by atoms with Crippen molar-refractivity contribution in [1.82, 2.24) is 20.0 Å². The number of ether oxygens (including phenoxy) is 1. The predicted molar refractivity (Wildman–Crippen MR) is 110 cm³/mol. The Hall–Kier alpha value is -2.25. The van der Waals surface area contributed by atoms with Gasteiger partial charge in [-0.2, -0.15) is 0 Å². The van der Waals surface area contributed by atoms with Crippen molar-refractivity contribution in [3.63, 3.8) is 0 Å². The topological polar surface area (TPSA) is 61.8 Å². The van der Waals surface area contributed by atoms with Crippen molar-refractivity contribution in [3.8, 4) is 0 Å². The SMILES string of the molecule is COCCN1CCN(C(=O)c2nnc(N3CCCCC3)c3ccccc23)CC1. The van der Waals surface area contributed by atoms with Gasteiger partial charge in [-0.1, -0.05) is 24.3 Å². The van der Waals surface area contributed by atoms with Gasteiger partial charge in [0.1, 0.15) is 0 Å². The molecule has 0 unspecified atom stereocenters. The molecule has 4 rings (SSSR count). The molecule has 0 radical (unpaired) electrons. The fourth-order valence-corrected chi connectivity index (χ4v) is 4.13. The number of benzene rings is 1. The van der Waals surface area contributed by atoms with Crippen LogP contribution in [-0.4, -0.2) is 85.4 Å². The van der Waals surface area contributed by atoms with E-state index in [-0.39, 0.29) is 5.91 Å². The fourth-order valence-electron chi connectivity index (χ4n) is 4.13. The molecule has 0 atom stereocenters. The first-order valence-electron chi connectivity index (χ1n) is 10.3. The molecule has 1 aromatic carbocycles. The predicted octanol–water partition coefficient (Wildman–Crippen LogP) is 2.02. The van der Waals surface area contributed by atoms with Crippen LogP contribution < -0.4 is 4.90 Å². The number of aromatic nitrogens is 2. The van der Waals surface area contributed by atoms with Crippen molar-refractivity contribution in [1.29, 1.82) is 0 Å². The Morgan fingerprint density at radius 2 is 1.68 bits per heavy atom. The smallest absolute Gasteiger partial charge is 0.275 e. The normalized spacial score (nSPS) is 18.6. The number of carbonyl (C=O) groups excluding carboxylic acids is 1. The number of nitrogens with zero attached hydrogens (tertiary/aromatic N) is 5. The van der Waals surface area contributed by atoms with Gasteiger partial charge in [-0.3, -0.25) is 9.69 Å². The number of amides is 1. The Kier molecular flexibility index (Phi) is 6.02. The van der Waals surface area contributed by atoms with E-state index in [2.05, 4.69) is 26.1 Å². The third-order valence-electron chi connectivity index (χ3n) is 5.80. The molecule has 1 aromatic heterocycles. The number of fused-ring (bicyclic) bond motifs is 1. The van der Waals surface area contributed by atoms with Crippen LogP contribution in [0.2, 0.25) is 0 Å². The van der Waals surface area contributed by atoms with Gasteiger partial charge in [0.25, 0.3) is 5.91 Å². The summed E-state index contributed by atoms with van der Waals surface area (Å²) >= 11 is 0. The minimum absolute atomic E-state index is 0.0136. The summed E-state index contributed by atoms with van der Waals surface area (Å²) in [6, 6.07) is 8.05. The molecule has 28 heavy (non-hydrogen) atoms. The lowest BCUT2D eigenvalue weighted by molar-refractivity contribution is 0.0590. The molecule has 150 valence electrons. The summed E-state index contributed by atoms with van der Waals surface area (Å²) in [5, 5.41) is 10.8. The van der Waals surface area contributed by atoms with Crippen molar-refractivity contribution < 1.29 is 9.53 Å². The average Bonchev–Trinajstić information content (AvgIpc) is 2.77. The lowest BCUT2D eigenvalue weighted by Gasteiger charge is -2.34. The maximum atomic E-state index is 13.2. The van der Waals surface area contributed by atoms with E-state index in [1.165, 1.54) is 19.3 Å². The van der Waals surface area contributed by atoms with Crippen molar-refractivity contribution in [3.05, 3.63) is 30.0 Å². The Labute approximate surface area is 166 Å². The minimum atomic E-state index is -0.0136. The van der Waals surface area contributed by atoms with Crippen LogP contribution in [0.1, 0.15) is 29.8 Å².